The Morgan fingerprint density at radius 2 is 2.31 bits per heavy atom. The zero-order chi connectivity index (χ0) is 11.5. The quantitative estimate of drug-likeness (QED) is 0.860. The number of hydrogen-bond acceptors (Lipinski definition) is 3. The molecule has 0 bridgehead atoms. The van der Waals surface area contributed by atoms with Gasteiger partial charge in [-0.25, -0.2) is 9.37 Å². The molecule has 1 unspecified atom stereocenters. The highest BCUT2D eigenvalue weighted by Gasteiger charge is 2.12. The molecule has 1 aromatic heterocycles. The van der Waals surface area contributed by atoms with Crippen LogP contribution in [0, 0.1) is 5.82 Å². The number of aromatic amines is 1. The summed E-state index contributed by atoms with van der Waals surface area (Å²) >= 11 is 5.78. The lowest BCUT2D eigenvalue weighted by Crippen LogP contribution is -2.15. The molecule has 6 heteroatoms. The Morgan fingerprint density at radius 3 is 3.00 bits per heavy atom. The summed E-state index contributed by atoms with van der Waals surface area (Å²) in [4.78, 5) is 3.92. The van der Waals surface area contributed by atoms with Crippen molar-refractivity contribution in [1.82, 2.24) is 15.2 Å². The van der Waals surface area contributed by atoms with E-state index in [2.05, 4.69) is 15.2 Å². The Morgan fingerprint density at radius 1 is 1.50 bits per heavy atom. The van der Waals surface area contributed by atoms with Gasteiger partial charge in [-0.2, -0.15) is 5.10 Å². The van der Waals surface area contributed by atoms with Gasteiger partial charge < -0.3 is 5.73 Å². The largest absolute Gasteiger partial charge is 0.321 e. The number of H-pyrrole nitrogens is 1. The molecule has 0 spiro atoms. The van der Waals surface area contributed by atoms with E-state index in [0.717, 1.165) is 0 Å². The van der Waals surface area contributed by atoms with Crippen molar-refractivity contribution < 1.29 is 4.39 Å². The first kappa shape index (κ1) is 11.0. The second-order valence-electron chi connectivity index (χ2n) is 3.42. The molecule has 0 saturated heterocycles. The van der Waals surface area contributed by atoms with Crippen LogP contribution in [0.3, 0.4) is 0 Å². The predicted molar refractivity (Wildman–Crippen MR) is 58.4 cm³/mol. The molecule has 0 amide bonds. The van der Waals surface area contributed by atoms with Crippen molar-refractivity contribution in [3.8, 4) is 0 Å². The van der Waals surface area contributed by atoms with Crippen molar-refractivity contribution in [2.24, 2.45) is 5.73 Å². The Balaban J connectivity index is 2.17. The minimum absolute atomic E-state index is 0.320. The topological polar surface area (TPSA) is 67.6 Å². The fraction of sp³-hybridized carbons (Fsp3) is 0.200. The maximum Gasteiger partial charge on any atom is 0.141 e. The highest BCUT2D eigenvalue weighted by molar-refractivity contribution is 6.30. The lowest BCUT2D eigenvalue weighted by Gasteiger charge is -2.09. The number of nitrogens with two attached hydrogens (primary N) is 1. The second-order valence-corrected chi connectivity index (χ2v) is 3.85. The molecule has 0 saturated carbocycles. The molecule has 1 atom stereocenters. The molecule has 2 aromatic rings. The van der Waals surface area contributed by atoms with E-state index in [1.165, 1.54) is 18.5 Å². The summed E-state index contributed by atoms with van der Waals surface area (Å²) in [6.45, 7) is 0. The summed E-state index contributed by atoms with van der Waals surface area (Å²) in [5.41, 5.74) is 6.32. The molecule has 0 radical (unpaired) electrons. The van der Waals surface area contributed by atoms with Crippen LogP contribution in [-0.4, -0.2) is 15.2 Å². The summed E-state index contributed by atoms with van der Waals surface area (Å²) in [5.74, 6) is 0.207. The van der Waals surface area contributed by atoms with Crippen LogP contribution in [0.1, 0.15) is 17.4 Å². The third-order valence-corrected chi connectivity index (χ3v) is 2.47. The zero-order valence-corrected chi connectivity index (χ0v) is 9.08. The smallest absolute Gasteiger partial charge is 0.141 e. The minimum Gasteiger partial charge on any atom is -0.321 e. The van der Waals surface area contributed by atoms with Crippen molar-refractivity contribution in [3.63, 3.8) is 0 Å². The van der Waals surface area contributed by atoms with Crippen molar-refractivity contribution in [2.75, 3.05) is 0 Å². The molecule has 1 aromatic carbocycles. The zero-order valence-electron chi connectivity index (χ0n) is 8.32. The SMILES string of the molecule is NC(Cc1cc(Cl)ccc1F)c1ncn[nH]1. The van der Waals surface area contributed by atoms with Gasteiger partial charge in [0.15, 0.2) is 0 Å². The van der Waals surface area contributed by atoms with E-state index in [0.29, 0.717) is 22.8 Å². The van der Waals surface area contributed by atoms with E-state index in [4.69, 9.17) is 17.3 Å². The Kier molecular flexibility index (Phi) is 3.17. The maximum absolute atomic E-state index is 13.4. The highest BCUT2D eigenvalue weighted by atomic mass is 35.5. The van der Waals surface area contributed by atoms with E-state index >= 15 is 0 Å². The van der Waals surface area contributed by atoms with Crippen molar-refractivity contribution in [2.45, 2.75) is 12.5 Å². The first-order valence-corrected chi connectivity index (χ1v) is 5.09. The van der Waals surface area contributed by atoms with Gasteiger partial charge >= 0.3 is 0 Å². The molecular formula is C10H10ClFN4. The average Bonchev–Trinajstić information content (AvgIpc) is 2.76. The van der Waals surface area contributed by atoms with Crippen LogP contribution in [0.4, 0.5) is 4.39 Å². The highest BCUT2D eigenvalue weighted by Crippen LogP contribution is 2.19. The molecule has 1 heterocycles. The van der Waals surface area contributed by atoms with Crippen LogP contribution < -0.4 is 5.73 Å². The molecule has 16 heavy (non-hydrogen) atoms. The molecule has 2 rings (SSSR count). The van der Waals surface area contributed by atoms with Gasteiger partial charge in [-0.3, -0.25) is 5.10 Å². The molecule has 3 N–H and O–H groups in total. The minimum atomic E-state index is -0.421. The van der Waals surface area contributed by atoms with Gasteiger partial charge in [0.1, 0.15) is 18.0 Å². The van der Waals surface area contributed by atoms with Crippen LogP contribution in [0.2, 0.25) is 5.02 Å². The standard InChI is InChI=1S/C10H10ClFN4/c11-7-1-2-8(12)6(3-7)4-9(13)10-14-5-15-16-10/h1-3,5,9H,4,13H2,(H,14,15,16). The Labute approximate surface area is 96.6 Å². The van der Waals surface area contributed by atoms with Crippen LogP contribution in [0.5, 0.6) is 0 Å². The fourth-order valence-electron chi connectivity index (χ4n) is 1.43. The van der Waals surface area contributed by atoms with Crippen molar-refractivity contribution in [3.05, 3.63) is 46.8 Å². The van der Waals surface area contributed by atoms with Gasteiger partial charge in [0, 0.05) is 5.02 Å². The normalized spacial score (nSPS) is 12.7. The first-order chi connectivity index (χ1) is 7.66. The lowest BCUT2D eigenvalue weighted by atomic mass is 10.1. The van der Waals surface area contributed by atoms with Gasteiger partial charge in [0.2, 0.25) is 0 Å². The Bertz CT molecular complexity index is 472. The predicted octanol–water partition coefficient (Wildman–Crippen LogP) is 1.84. The van der Waals surface area contributed by atoms with E-state index in [9.17, 15) is 4.39 Å². The third-order valence-electron chi connectivity index (χ3n) is 2.23. The van der Waals surface area contributed by atoms with Crippen molar-refractivity contribution >= 4 is 11.6 Å². The average molecular weight is 241 g/mol. The number of nitrogens with zero attached hydrogens (tertiary/aromatic N) is 2. The number of nitrogens with one attached hydrogen (secondary N) is 1. The first-order valence-electron chi connectivity index (χ1n) is 4.71. The fourth-order valence-corrected chi connectivity index (χ4v) is 1.62. The lowest BCUT2D eigenvalue weighted by molar-refractivity contribution is 0.585. The van der Waals surface area contributed by atoms with Crippen LogP contribution in [-0.2, 0) is 6.42 Å². The van der Waals surface area contributed by atoms with Crippen LogP contribution >= 0.6 is 11.6 Å². The molecule has 0 aliphatic rings. The second kappa shape index (κ2) is 4.59. The van der Waals surface area contributed by atoms with Gasteiger partial charge in [0.25, 0.3) is 0 Å². The number of aromatic nitrogens is 3. The molecule has 0 aliphatic heterocycles. The van der Waals surface area contributed by atoms with E-state index in [1.54, 1.807) is 6.07 Å². The summed E-state index contributed by atoms with van der Waals surface area (Å²) in [5, 5.41) is 6.83. The maximum atomic E-state index is 13.4. The van der Waals surface area contributed by atoms with Crippen LogP contribution in [0.25, 0.3) is 0 Å². The third kappa shape index (κ3) is 2.37. The Hall–Kier alpha value is -1.46. The molecule has 4 nitrogen and oxygen atoms in total. The molecule has 84 valence electrons. The monoisotopic (exact) mass is 240 g/mol. The summed E-state index contributed by atoms with van der Waals surface area (Å²) in [6, 6.07) is 3.97. The summed E-state index contributed by atoms with van der Waals surface area (Å²) < 4.78 is 13.4. The van der Waals surface area contributed by atoms with Gasteiger partial charge in [-0.15, -0.1) is 0 Å². The molecular weight excluding hydrogens is 231 g/mol. The van der Waals surface area contributed by atoms with E-state index < -0.39 is 6.04 Å². The van der Waals surface area contributed by atoms with E-state index in [1.807, 2.05) is 0 Å². The number of rotatable bonds is 3. The number of benzene rings is 1. The molecule has 0 aliphatic carbocycles. The summed E-state index contributed by atoms with van der Waals surface area (Å²) in [7, 11) is 0. The summed E-state index contributed by atoms with van der Waals surface area (Å²) in [6.07, 6.45) is 1.69. The van der Waals surface area contributed by atoms with Crippen LogP contribution in [0.15, 0.2) is 24.5 Å². The van der Waals surface area contributed by atoms with Gasteiger partial charge in [-0.1, -0.05) is 11.6 Å². The van der Waals surface area contributed by atoms with E-state index in [-0.39, 0.29) is 5.82 Å². The number of halogens is 2. The molecule has 0 fully saturated rings. The van der Waals surface area contributed by atoms with Gasteiger partial charge in [-0.05, 0) is 30.2 Å². The van der Waals surface area contributed by atoms with Gasteiger partial charge in [0.05, 0.1) is 6.04 Å². The number of hydrogen-bond donors (Lipinski definition) is 2. The van der Waals surface area contributed by atoms with Crippen molar-refractivity contribution in [1.29, 1.82) is 0 Å².